The Hall–Kier alpha value is 0.540. The topological polar surface area (TPSA) is 33.3 Å². The van der Waals surface area contributed by atoms with Gasteiger partial charge < -0.3 is 0 Å². The quantitative estimate of drug-likeness (QED) is 0.539. The molecule has 1 atom stereocenters. The summed E-state index contributed by atoms with van der Waals surface area (Å²) in [5.74, 6) is 1.11. The first kappa shape index (κ1) is 16.6. The SMILES string of the molecule is P[PH](NCCCl)(NCCCl)OCc1ccccc1. The van der Waals surface area contributed by atoms with Crippen molar-refractivity contribution in [2.24, 2.45) is 0 Å². The fourth-order valence-corrected chi connectivity index (χ4v) is 4.74. The molecule has 0 heterocycles. The third-order valence-corrected chi connectivity index (χ3v) is 6.53. The Labute approximate surface area is 122 Å². The molecule has 0 aliphatic rings. The zero-order valence-electron chi connectivity index (χ0n) is 10.2. The molecule has 1 aromatic rings. The van der Waals surface area contributed by atoms with Crippen LogP contribution in [0.5, 0.6) is 0 Å². The van der Waals surface area contributed by atoms with E-state index >= 15 is 0 Å². The van der Waals surface area contributed by atoms with Crippen molar-refractivity contribution in [3.8, 4) is 0 Å². The molecule has 0 spiro atoms. The Morgan fingerprint density at radius 3 is 2.11 bits per heavy atom. The maximum absolute atomic E-state index is 5.98. The summed E-state index contributed by atoms with van der Waals surface area (Å²) >= 11 is 11.4. The fourth-order valence-electron chi connectivity index (χ4n) is 1.40. The fraction of sp³-hybridized carbons (Fsp3) is 0.455. The van der Waals surface area contributed by atoms with E-state index in [0.29, 0.717) is 31.5 Å². The first-order chi connectivity index (χ1) is 8.70. The Morgan fingerprint density at radius 2 is 1.61 bits per heavy atom. The van der Waals surface area contributed by atoms with E-state index in [1.165, 1.54) is 0 Å². The van der Waals surface area contributed by atoms with E-state index in [0.717, 1.165) is 5.56 Å². The summed E-state index contributed by atoms with van der Waals surface area (Å²) < 4.78 is 5.98. The number of alkyl halides is 2. The standard InChI is InChI=1S/C11H20Cl2N2OP2/c12-6-8-14-18(17,15-9-7-13)16-10-11-4-2-1-3-5-11/h1-5,14-15,18H,6-10,17H2. The van der Waals surface area contributed by atoms with Crippen LogP contribution in [-0.2, 0) is 11.1 Å². The van der Waals surface area contributed by atoms with E-state index in [9.17, 15) is 0 Å². The molecular weight excluding hydrogens is 309 g/mol. The van der Waals surface area contributed by atoms with Crippen molar-refractivity contribution >= 4 is 39.6 Å². The minimum absolute atomic E-state index is 0.556. The average molecular weight is 329 g/mol. The third kappa shape index (κ3) is 6.63. The summed E-state index contributed by atoms with van der Waals surface area (Å²) in [5, 5.41) is 6.66. The molecule has 1 rings (SSSR count). The summed E-state index contributed by atoms with van der Waals surface area (Å²) in [6.45, 7) is 1.99. The summed E-state index contributed by atoms with van der Waals surface area (Å²) in [5.41, 5.74) is 1.15. The Morgan fingerprint density at radius 1 is 1.06 bits per heavy atom. The molecule has 18 heavy (non-hydrogen) atoms. The van der Waals surface area contributed by atoms with E-state index in [-0.39, 0.29) is 0 Å². The summed E-state index contributed by atoms with van der Waals surface area (Å²) in [4.78, 5) is 0. The number of rotatable bonds is 9. The zero-order chi connectivity index (χ0) is 13.3. The Kier molecular flexibility index (Phi) is 8.71. The first-order valence-corrected chi connectivity index (χ1v) is 10.6. The summed E-state index contributed by atoms with van der Waals surface area (Å²) in [7, 11) is 0.538. The molecule has 0 fully saturated rings. The van der Waals surface area contributed by atoms with Gasteiger partial charge in [-0.2, -0.15) is 0 Å². The van der Waals surface area contributed by atoms with Crippen LogP contribution in [-0.4, -0.2) is 24.8 Å². The predicted octanol–water partition coefficient (Wildman–Crippen LogP) is 3.15. The van der Waals surface area contributed by atoms with E-state index in [1.54, 1.807) is 0 Å². The molecule has 1 aromatic carbocycles. The van der Waals surface area contributed by atoms with Crippen molar-refractivity contribution in [3.05, 3.63) is 35.9 Å². The monoisotopic (exact) mass is 328 g/mol. The van der Waals surface area contributed by atoms with E-state index in [1.807, 2.05) is 30.3 Å². The number of benzene rings is 1. The van der Waals surface area contributed by atoms with Gasteiger partial charge in [-0.05, 0) is 0 Å². The van der Waals surface area contributed by atoms with E-state index in [2.05, 4.69) is 19.1 Å². The van der Waals surface area contributed by atoms with Crippen LogP contribution in [0.15, 0.2) is 30.3 Å². The van der Waals surface area contributed by atoms with Crippen molar-refractivity contribution in [2.75, 3.05) is 24.8 Å². The first-order valence-electron chi connectivity index (χ1n) is 5.79. The van der Waals surface area contributed by atoms with Gasteiger partial charge >= 0.3 is 122 Å². The van der Waals surface area contributed by atoms with Gasteiger partial charge in [0.15, 0.2) is 0 Å². The molecule has 0 aromatic heterocycles. The molecule has 1 unspecified atom stereocenters. The number of halogens is 2. The van der Waals surface area contributed by atoms with Crippen molar-refractivity contribution in [2.45, 2.75) is 6.61 Å². The molecule has 2 N–H and O–H groups in total. The van der Waals surface area contributed by atoms with Gasteiger partial charge in [-0.1, -0.05) is 0 Å². The van der Waals surface area contributed by atoms with Gasteiger partial charge in [-0.25, -0.2) is 0 Å². The van der Waals surface area contributed by atoms with Crippen LogP contribution in [0.2, 0.25) is 0 Å². The van der Waals surface area contributed by atoms with Crippen molar-refractivity contribution in [3.63, 3.8) is 0 Å². The predicted molar refractivity (Wildman–Crippen MR) is 86.7 cm³/mol. The zero-order valence-corrected chi connectivity index (χ0v) is 13.8. The second-order valence-electron chi connectivity index (χ2n) is 3.74. The van der Waals surface area contributed by atoms with Crippen molar-refractivity contribution < 1.29 is 4.52 Å². The van der Waals surface area contributed by atoms with E-state index < -0.39 is 7.48 Å². The molecule has 0 aliphatic heterocycles. The van der Waals surface area contributed by atoms with Gasteiger partial charge in [0, 0.05) is 0 Å². The Balaban J connectivity index is 2.49. The number of hydrogen-bond acceptors (Lipinski definition) is 3. The van der Waals surface area contributed by atoms with Crippen molar-refractivity contribution in [1.29, 1.82) is 0 Å². The van der Waals surface area contributed by atoms with Crippen LogP contribution in [0.25, 0.3) is 0 Å². The molecule has 0 bridgehead atoms. The van der Waals surface area contributed by atoms with Gasteiger partial charge in [0.1, 0.15) is 0 Å². The second kappa shape index (κ2) is 9.44. The molecule has 0 amide bonds. The van der Waals surface area contributed by atoms with Gasteiger partial charge in [-0.15, -0.1) is 0 Å². The summed E-state index contributed by atoms with van der Waals surface area (Å²) in [6.07, 6.45) is 0. The maximum atomic E-state index is 5.98. The van der Waals surface area contributed by atoms with Crippen LogP contribution >= 0.6 is 39.6 Å². The van der Waals surface area contributed by atoms with Gasteiger partial charge in [0.25, 0.3) is 0 Å². The van der Waals surface area contributed by atoms with Crippen molar-refractivity contribution in [1.82, 2.24) is 10.2 Å². The normalized spacial score (nSPS) is 12.6. The van der Waals surface area contributed by atoms with Gasteiger partial charge in [-0.3, -0.25) is 0 Å². The van der Waals surface area contributed by atoms with Crippen LogP contribution in [0, 0.1) is 0 Å². The molecule has 0 aliphatic carbocycles. The Bertz CT molecular complexity index is 322. The summed E-state index contributed by atoms with van der Waals surface area (Å²) in [6, 6.07) is 10.1. The van der Waals surface area contributed by atoms with Gasteiger partial charge in [0.05, 0.1) is 0 Å². The molecule has 104 valence electrons. The minimum atomic E-state index is -2.23. The molecule has 3 nitrogen and oxygen atoms in total. The molecule has 0 saturated carbocycles. The van der Waals surface area contributed by atoms with Crippen LogP contribution in [0.3, 0.4) is 0 Å². The number of hydrogen-bond donors (Lipinski definition) is 2. The van der Waals surface area contributed by atoms with Crippen LogP contribution in [0.1, 0.15) is 5.56 Å². The van der Waals surface area contributed by atoms with Crippen LogP contribution in [0.4, 0.5) is 0 Å². The average Bonchev–Trinajstić information content (AvgIpc) is 2.42. The molecule has 0 saturated heterocycles. The van der Waals surface area contributed by atoms with Gasteiger partial charge in [0.2, 0.25) is 0 Å². The van der Waals surface area contributed by atoms with Crippen LogP contribution < -0.4 is 10.2 Å². The third-order valence-electron chi connectivity index (χ3n) is 2.27. The van der Waals surface area contributed by atoms with E-state index in [4.69, 9.17) is 27.7 Å². The molecular formula is C11H20Cl2N2OP2. The number of nitrogens with one attached hydrogen (secondary N) is 2. The molecule has 0 radical (unpaired) electrons. The second-order valence-corrected chi connectivity index (χ2v) is 9.40. The molecule has 7 heteroatoms.